The largest absolute Gasteiger partial charge is 0.465 e. The summed E-state index contributed by atoms with van der Waals surface area (Å²) in [4.78, 5) is 12.7. The summed E-state index contributed by atoms with van der Waals surface area (Å²) in [6.07, 6.45) is 4.71. The van der Waals surface area contributed by atoms with E-state index < -0.39 is 11.7 Å². The summed E-state index contributed by atoms with van der Waals surface area (Å²) in [7, 11) is 0. The van der Waals surface area contributed by atoms with Gasteiger partial charge in [0.05, 0.1) is 25.4 Å². The predicted octanol–water partition coefficient (Wildman–Crippen LogP) is 3.56. The van der Waals surface area contributed by atoms with Crippen LogP contribution in [0.25, 0.3) is 0 Å². The molecule has 2 N–H and O–H groups in total. The van der Waals surface area contributed by atoms with Gasteiger partial charge in [0, 0.05) is 42.3 Å². The molecule has 3 saturated heterocycles. The zero-order valence-corrected chi connectivity index (χ0v) is 19.5. The Morgan fingerprint density at radius 2 is 1.88 bits per heavy atom. The lowest BCUT2D eigenvalue weighted by Gasteiger charge is -2.39. The number of hydrogen-bond donors (Lipinski definition) is 2. The van der Waals surface area contributed by atoms with Gasteiger partial charge in [-0.15, -0.1) is 0 Å². The summed E-state index contributed by atoms with van der Waals surface area (Å²) in [5, 5.41) is 20.8. The lowest BCUT2D eigenvalue weighted by Crippen LogP contribution is -2.49. The maximum Gasteiger partial charge on any atom is 0.407 e. The lowest BCUT2D eigenvalue weighted by molar-refractivity contribution is -0.0186. The molecule has 5 atom stereocenters. The number of carboxylic acid groups (broad SMARTS) is 1. The SMILES string of the molecule is C1C[C@H](O[C@H]2CCOC2)CO1.O=C(O)N1CCC2C1CCCC2(O)C#Cc1cccc(Cl)c1. The van der Waals surface area contributed by atoms with Gasteiger partial charge in [0.1, 0.15) is 5.60 Å². The number of likely N-dealkylation sites (tertiary alicyclic amines) is 1. The number of nitrogens with zero attached hydrogens (tertiary/aromatic N) is 1. The van der Waals surface area contributed by atoms with E-state index in [0.29, 0.717) is 36.6 Å². The summed E-state index contributed by atoms with van der Waals surface area (Å²) >= 11 is 5.94. The van der Waals surface area contributed by atoms with Crippen molar-refractivity contribution in [2.75, 3.05) is 33.0 Å². The fraction of sp³-hybridized carbons (Fsp3) is 0.640. The maximum atomic E-state index is 11.3. The van der Waals surface area contributed by atoms with Crippen molar-refractivity contribution >= 4 is 17.7 Å². The molecule has 4 fully saturated rings. The van der Waals surface area contributed by atoms with Crippen LogP contribution < -0.4 is 0 Å². The number of hydrogen-bond acceptors (Lipinski definition) is 5. The van der Waals surface area contributed by atoms with E-state index in [2.05, 4.69) is 11.8 Å². The number of carbonyl (C=O) groups is 1. The smallest absolute Gasteiger partial charge is 0.407 e. The number of halogens is 1. The van der Waals surface area contributed by atoms with Crippen LogP contribution in [0.1, 0.15) is 44.1 Å². The lowest BCUT2D eigenvalue weighted by atomic mass is 9.73. The number of aliphatic hydroxyl groups is 1. The minimum absolute atomic E-state index is 0.107. The number of benzene rings is 1. The Hall–Kier alpha value is -1.82. The van der Waals surface area contributed by atoms with Gasteiger partial charge in [0.2, 0.25) is 0 Å². The molecule has 180 valence electrons. The molecule has 33 heavy (non-hydrogen) atoms. The summed E-state index contributed by atoms with van der Waals surface area (Å²) in [5.41, 5.74) is -0.355. The van der Waals surface area contributed by atoms with E-state index in [-0.39, 0.29) is 12.0 Å². The van der Waals surface area contributed by atoms with Crippen LogP contribution in [0.15, 0.2) is 24.3 Å². The van der Waals surface area contributed by atoms with Gasteiger partial charge in [0.25, 0.3) is 0 Å². The van der Waals surface area contributed by atoms with E-state index in [4.69, 9.17) is 25.8 Å². The van der Waals surface area contributed by atoms with Crippen LogP contribution in [0.5, 0.6) is 0 Å². The van der Waals surface area contributed by atoms with Gasteiger partial charge in [-0.2, -0.15) is 0 Å². The fourth-order valence-corrected chi connectivity index (χ4v) is 5.38. The van der Waals surface area contributed by atoms with Crippen LogP contribution in [-0.4, -0.2) is 78.0 Å². The molecule has 0 radical (unpaired) electrons. The fourth-order valence-electron chi connectivity index (χ4n) is 5.19. The monoisotopic (exact) mass is 477 g/mol. The highest BCUT2D eigenvalue weighted by molar-refractivity contribution is 6.30. The molecule has 1 aromatic carbocycles. The second-order valence-electron chi connectivity index (χ2n) is 9.12. The first kappa shape index (κ1) is 24.3. The van der Waals surface area contributed by atoms with Crippen molar-refractivity contribution in [2.45, 2.75) is 62.4 Å². The first-order chi connectivity index (χ1) is 15.9. The molecule has 1 amide bonds. The molecule has 5 rings (SSSR count). The van der Waals surface area contributed by atoms with Gasteiger partial charge < -0.3 is 29.3 Å². The van der Waals surface area contributed by atoms with Crippen LogP contribution in [0.2, 0.25) is 5.02 Å². The Bertz CT molecular complexity index is 859. The van der Waals surface area contributed by atoms with Crippen LogP contribution >= 0.6 is 11.6 Å². The van der Waals surface area contributed by atoms with Crippen molar-refractivity contribution in [1.82, 2.24) is 4.90 Å². The molecule has 3 heterocycles. The first-order valence-electron chi connectivity index (χ1n) is 11.8. The van der Waals surface area contributed by atoms with Gasteiger partial charge in [-0.05, 0) is 56.7 Å². The van der Waals surface area contributed by atoms with Crippen molar-refractivity contribution in [3.63, 3.8) is 0 Å². The molecule has 4 aliphatic rings. The Labute approximate surface area is 200 Å². The van der Waals surface area contributed by atoms with Crippen LogP contribution in [0.4, 0.5) is 4.79 Å². The average Bonchev–Trinajstić information content (AvgIpc) is 3.56. The van der Waals surface area contributed by atoms with Gasteiger partial charge in [-0.25, -0.2) is 4.79 Å². The van der Waals surface area contributed by atoms with E-state index in [9.17, 15) is 15.0 Å². The van der Waals surface area contributed by atoms with Crippen LogP contribution in [0.3, 0.4) is 0 Å². The summed E-state index contributed by atoms with van der Waals surface area (Å²) in [6, 6.07) is 7.09. The molecule has 7 nitrogen and oxygen atoms in total. The molecule has 0 spiro atoms. The van der Waals surface area contributed by atoms with Crippen LogP contribution in [-0.2, 0) is 14.2 Å². The number of fused-ring (bicyclic) bond motifs is 1. The van der Waals surface area contributed by atoms with Gasteiger partial charge >= 0.3 is 6.09 Å². The van der Waals surface area contributed by atoms with E-state index >= 15 is 0 Å². The summed E-state index contributed by atoms with van der Waals surface area (Å²) < 4.78 is 16.1. The Kier molecular flexibility index (Phi) is 8.15. The quantitative estimate of drug-likeness (QED) is 0.633. The molecule has 0 aromatic heterocycles. The Morgan fingerprint density at radius 3 is 2.48 bits per heavy atom. The average molecular weight is 478 g/mol. The van der Waals surface area contributed by atoms with Gasteiger partial charge in [-0.1, -0.05) is 29.5 Å². The Balaban J connectivity index is 0.000000196. The molecular formula is C25H32ClNO6. The van der Waals surface area contributed by atoms with Crippen molar-refractivity contribution in [3.8, 4) is 11.8 Å². The van der Waals surface area contributed by atoms with Crippen molar-refractivity contribution < 1.29 is 29.2 Å². The molecule has 3 aliphatic heterocycles. The highest BCUT2D eigenvalue weighted by Crippen LogP contribution is 2.42. The maximum absolute atomic E-state index is 11.3. The third-order valence-electron chi connectivity index (χ3n) is 6.87. The summed E-state index contributed by atoms with van der Waals surface area (Å²) in [5.74, 6) is 5.89. The van der Waals surface area contributed by atoms with E-state index in [1.165, 1.54) is 4.90 Å². The number of amides is 1. The molecule has 1 saturated carbocycles. The van der Waals surface area contributed by atoms with Crippen molar-refractivity contribution in [2.24, 2.45) is 5.92 Å². The Morgan fingerprint density at radius 1 is 1.15 bits per heavy atom. The van der Waals surface area contributed by atoms with E-state index in [1.54, 1.807) is 12.1 Å². The normalized spacial score (nSPS) is 33.0. The van der Waals surface area contributed by atoms with Crippen molar-refractivity contribution in [1.29, 1.82) is 0 Å². The summed E-state index contributed by atoms with van der Waals surface area (Å²) in [6.45, 7) is 3.75. The predicted molar refractivity (Wildman–Crippen MR) is 123 cm³/mol. The second kappa shape index (κ2) is 11.1. The molecular weight excluding hydrogens is 446 g/mol. The number of ether oxygens (including phenoxy) is 3. The topological polar surface area (TPSA) is 88.5 Å². The molecule has 0 bridgehead atoms. The van der Waals surface area contributed by atoms with Crippen LogP contribution in [0, 0.1) is 17.8 Å². The highest BCUT2D eigenvalue weighted by atomic mass is 35.5. The zero-order valence-electron chi connectivity index (χ0n) is 18.7. The minimum Gasteiger partial charge on any atom is -0.465 e. The van der Waals surface area contributed by atoms with Crippen molar-refractivity contribution in [3.05, 3.63) is 34.9 Å². The van der Waals surface area contributed by atoms with E-state index in [1.807, 2.05) is 12.1 Å². The second-order valence-corrected chi connectivity index (χ2v) is 9.56. The molecule has 1 aromatic rings. The molecule has 8 heteroatoms. The highest BCUT2D eigenvalue weighted by Gasteiger charge is 2.50. The van der Waals surface area contributed by atoms with Gasteiger partial charge in [-0.3, -0.25) is 0 Å². The molecule has 3 unspecified atom stereocenters. The first-order valence-corrected chi connectivity index (χ1v) is 12.1. The third-order valence-corrected chi connectivity index (χ3v) is 7.11. The van der Waals surface area contributed by atoms with Gasteiger partial charge in [0.15, 0.2) is 0 Å². The zero-order chi connectivity index (χ0) is 23.3. The standard InChI is InChI=1S/C17H18ClNO3.C8H14O3/c18-13-4-1-3-12(11-13)6-9-17(22)8-2-5-15-14(17)7-10-19(15)16(20)21;1-3-9-5-7(1)11-8-2-4-10-6-8/h1,3-4,11,14-15,22H,2,5,7-8,10H2,(H,20,21);7-8H,1-6H2/t;7-,8-/m.0/s1. The number of rotatable bonds is 2. The molecule has 1 aliphatic carbocycles. The minimum atomic E-state index is -1.12. The third kappa shape index (κ3) is 6.20. The van der Waals surface area contributed by atoms with E-state index in [0.717, 1.165) is 57.7 Å².